The molecule has 98 valence electrons. The maximum absolute atomic E-state index is 13.3. The Morgan fingerprint density at radius 2 is 1.79 bits per heavy atom. The standard InChI is InChI=1S/C15H12BrFO2/c16-13-7-3-2-6-12(13)15(18)10-19-9-11-5-1-4-8-14(11)17/h1-8H,9-10H2. The molecule has 0 saturated carbocycles. The number of hydrogen-bond acceptors (Lipinski definition) is 2. The average Bonchev–Trinajstić information content (AvgIpc) is 2.41. The van der Waals surface area contributed by atoms with Crippen molar-refractivity contribution < 1.29 is 13.9 Å². The topological polar surface area (TPSA) is 26.3 Å². The molecule has 0 heterocycles. The van der Waals surface area contributed by atoms with Gasteiger partial charge in [0.25, 0.3) is 0 Å². The summed E-state index contributed by atoms with van der Waals surface area (Å²) in [6.07, 6.45) is 0. The first kappa shape index (κ1) is 13.9. The summed E-state index contributed by atoms with van der Waals surface area (Å²) in [6, 6.07) is 13.5. The fourth-order valence-corrected chi connectivity index (χ4v) is 2.14. The van der Waals surface area contributed by atoms with E-state index in [4.69, 9.17) is 4.74 Å². The molecular weight excluding hydrogens is 311 g/mol. The molecule has 2 rings (SSSR count). The molecule has 0 radical (unpaired) electrons. The van der Waals surface area contributed by atoms with Crippen molar-refractivity contribution in [1.82, 2.24) is 0 Å². The van der Waals surface area contributed by atoms with Gasteiger partial charge in [0.1, 0.15) is 12.4 Å². The van der Waals surface area contributed by atoms with E-state index in [0.29, 0.717) is 11.1 Å². The van der Waals surface area contributed by atoms with Gasteiger partial charge in [-0.05, 0) is 12.1 Å². The largest absolute Gasteiger partial charge is 0.369 e. The molecule has 0 aromatic heterocycles. The van der Waals surface area contributed by atoms with Crippen LogP contribution in [0.2, 0.25) is 0 Å². The van der Waals surface area contributed by atoms with Gasteiger partial charge in [0.15, 0.2) is 5.78 Å². The lowest BCUT2D eigenvalue weighted by atomic mass is 10.1. The van der Waals surface area contributed by atoms with E-state index in [1.54, 1.807) is 36.4 Å². The summed E-state index contributed by atoms with van der Waals surface area (Å²) in [5.74, 6) is -0.459. The zero-order valence-corrected chi connectivity index (χ0v) is 11.7. The first-order valence-electron chi connectivity index (χ1n) is 5.77. The second kappa shape index (κ2) is 6.59. The summed E-state index contributed by atoms with van der Waals surface area (Å²) in [5, 5.41) is 0. The van der Waals surface area contributed by atoms with Gasteiger partial charge < -0.3 is 4.74 Å². The number of Topliss-reactive ketones (excluding diaryl/α,β-unsaturated/α-hetero) is 1. The quantitative estimate of drug-likeness (QED) is 0.778. The molecular formula is C15H12BrFO2. The lowest BCUT2D eigenvalue weighted by Gasteiger charge is -2.06. The fraction of sp³-hybridized carbons (Fsp3) is 0.133. The Labute approximate surface area is 119 Å². The van der Waals surface area contributed by atoms with Crippen LogP contribution >= 0.6 is 15.9 Å². The smallest absolute Gasteiger partial charge is 0.189 e. The molecule has 4 heteroatoms. The third-order valence-electron chi connectivity index (χ3n) is 2.62. The van der Waals surface area contributed by atoms with Gasteiger partial charge in [0, 0.05) is 15.6 Å². The van der Waals surface area contributed by atoms with E-state index in [2.05, 4.69) is 15.9 Å². The minimum absolute atomic E-state index is 0.0725. The van der Waals surface area contributed by atoms with Crippen LogP contribution in [0.1, 0.15) is 15.9 Å². The lowest BCUT2D eigenvalue weighted by Crippen LogP contribution is -2.10. The summed E-state index contributed by atoms with van der Waals surface area (Å²) in [5.41, 5.74) is 1.01. The first-order chi connectivity index (χ1) is 9.18. The van der Waals surface area contributed by atoms with Gasteiger partial charge in [-0.15, -0.1) is 0 Å². The predicted molar refractivity (Wildman–Crippen MR) is 74.5 cm³/mol. The zero-order valence-electron chi connectivity index (χ0n) is 10.1. The monoisotopic (exact) mass is 322 g/mol. The molecule has 0 unspecified atom stereocenters. The molecule has 0 fully saturated rings. The van der Waals surface area contributed by atoms with E-state index in [-0.39, 0.29) is 24.8 Å². The molecule has 0 saturated heterocycles. The SMILES string of the molecule is O=C(COCc1ccccc1F)c1ccccc1Br. The highest BCUT2D eigenvalue weighted by molar-refractivity contribution is 9.10. The summed E-state index contributed by atoms with van der Waals surface area (Å²) >= 11 is 3.31. The maximum atomic E-state index is 13.3. The number of ketones is 1. The summed E-state index contributed by atoms with van der Waals surface area (Å²) in [4.78, 5) is 11.9. The number of ether oxygens (including phenoxy) is 1. The van der Waals surface area contributed by atoms with Gasteiger partial charge in [-0.1, -0.05) is 52.3 Å². The highest BCUT2D eigenvalue weighted by Crippen LogP contribution is 2.16. The van der Waals surface area contributed by atoms with Crippen LogP contribution in [-0.4, -0.2) is 12.4 Å². The average molecular weight is 323 g/mol. The number of benzene rings is 2. The normalized spacial score (nSPS) is 10.4. The second-order valence-corrected chi connectivity index (χ2v) is 4.84. The highest BCUT2D eigenvalue weighted by atomic mass is 79.9. The second-order valence-electron chi connectivity index (χ2n) is 3.99. The van der Waals surface area contributed by atoms with Crippen molar-refractivity contribution in [3.63, 3.8) is 0 Å². The first-order valence-corrected chi connectivity index (χ1v) is 6.56. The van der Waals surface area contributed by atoms with Crippen LogP contribution in [0.5, 0.6) is 0 Å². The van der Waals surface area contributed by atoms with Crippen molar-refractivity contribution in [2.45, 2.75) is 6.61 Å². The molecule has 2 aromatic rings. The molecule has 0 spiro atoms. The van der Waals surface area contributed by atoms with Crippen LogP contribution in [0.3, 0.4) is 0 Å². The molecule has 2 nitrogen and oxygen atoms in total. The molecule has 0 aliphatic heterocycles. The minimum Gasteiger partial charge on any atom is -0.369 e. The van der Waals surface area contributed by atoms with Crippen molar-refractivity contribution in [1.29, 1.82) is 0 Å². The number of halogens is 2. The Morgan fingerprint density at radius 1 is 1.11 bits per heavy atom. The summed E-state index contributed by atoms with van der Waals surface area (Å²) < 4.78 is 19.3. The van der Waals surface area contributed by atoms with Crippen molar-refractivity contribution in [3.05, 3.63) is 69.9 Å². The van der Waals surface area contributed by atoms with E-state index in [1.165, 1.54) is 6.07 Å². The third kappa shape index (κ3) is 3.72. The van der Waals surface area contributed by atoms with Gasteiger partial charge in [0.2, 0.25) is 0 Å². The van der Waals surface area contributed by atoms with Crippen molar-refractivity contribution in [2.24, 2.45) is 0 Å². The van der Waals surface area contributed by atoms with E-state index in [0.717, 1.165) is 4.47 Å². The van der Waals surface area contributed by atoms with Crippen LogP contribution in [0.4, 0.5) is 4.39 Å². The third-order valence-corrected chi connectivity index (χ3v) is 3.31. The molecule has 0 N–H and O–H groups in total. The van der Waals surface area contributed by atoms with Gasteiger partial charge in [-0.25, -0.2) is 4.39 Å². The predicted octanol–water partition coefficient (Wildman–Crippen LogP) is 3.99. The van der Waals surface area contributed by atoms with Gasteiger partial charge in [0.05, 0.1) is 6.61 Å². The van der Waals surface area contributed by atoms with Crippen LogP contribution in [0.15, 0.2) is 53.0 Å². The molecule has 2 aromatic carbocycles. The highest BCUT2D eigenvalue weighted by Gasteiger charge is 2.10. The zero-order chi connectivity index (χ0) is 13.7. The van der Waals surface area contributed by atoms with Crippen LogP contribution in [0, 0.1) is 5.82 Å². The van der Waals surface area contributed by atoms with Gasteiger partial charge in [-0.3, -0.25) is 4.79 Å². The van der Waals surface area contributed by atoms with E-state index >= 15 is 0 Å². The minimum atomic E-state index is -0.323. The van der Waals surface area contributed by atoms with Crippen molar-refractivity contribution in [3.8, 4) is 0 Å². The van der Waals surface area contributed by atoms with E-state index in [1.807, 2.05) is 6.07 Å². The Hall–Kier alpha value is -1.52. The number of hydrogen-bond donors (Lipinski definition) is 0. The Morgan fingerprint density at radius 3 is 2.53 bits per heavy atom. The number of rotatable bonds is 5. The number of carbonyl (C=O) groups excluding carboxylic acids is 1. The summed E-state index contributed by atoms with van der Waals surface area (Å²) in [7, 11) is 0. The van der Waals surface area contributed by atoms with E-state index < -0.39 is 0 Å². The van der Waals surface area contributed by atoms with Crippen LogP contribution in [0.25, 0.3) is 0 Å². The fourth-order valence-electron chi connectivity index (χ4n) is 1.63. The van der Waals surface area contributed by atoms with Gasteiger partial charge >= 0.3 is 0 Å². The van der Waals surface area contributed by atoms with Gasteiger partial charge in [-0.2, -0.15) is 0 Å². The molecule has 0 aliphatic rings. The molecule has 0 bridgehead atoms. The van der Waals surface area contributed by atoms with Crippen molar-refractivity contribution in [2.75, 3.05) is 6.61 Å². The molecule has 0 atom stereocenters. The Kier molecular flexibility index (Phi) is 4.82. The molecule has 19 heavy (non-hydrogen) atoms. The van der Waals surface area contributed by atoms with E-state index in [9.17, 15) is 9.18 Å². The Balaban J connectivity index is 1.92. The maximum Gasteiger partial charge on any atom is 0.189 e. The van der Waals surface area contributed by atoms with Crippen LogP contribution in [-0.2, 0) is 11.3 Å². The number of carbonyl (C=O) groups is 1. The summed E-state index contributed by atoms with van der Waals surface area (Å²) in [6.45, 7) is 0.0137. The van der Waals surface area contributed by atoms with Crippen molar-refractivity contribution >= 4 is 21.7 Å². The Bertz CT molecular complexity index is 584. The van der Waals surface area contributed by atoms with Crippen LogP contribution < -0.4 is 0 Å². The molecule has 0 aliphatic carbocycles. The molecule has 0 amide bonds. The lowest BCUT2D eigenvalue weighted by molar-refractivity contribution is 0.0720.